The van der Waals surface area contributed by atoms with Crippen LogP contribution in [0.4, 0.5) is 32.0 Å². The Morgan fingerprint density at radius 1 is 0.974 bits per heavy atom. The number of carbonyl (C=O) groups is 1. The summed E-state index contributed by atoms with van der Waals surface area (Å²) in [5.74, 6) is -4.25. The minimum atomic E-state index is -4.76. The molecule has 1 saturated heterocycles. The monoisotopic (exact) mass is 540 g/mol. The van der Waals surface area contributed by atoms with Crippen LogP contribution in [0, 0.1) is 32.6 Å². The third kappa shape index (κ3) is 6.28. The molecule has 1 aliphatic rings. The second kappa shape index (κ2) is 10.3. The molecule has 0 saturated carbocycles. The molecule has 0 radical (unpaired) electrons. The zero-order chi connectivity index (χ0) is 27.8. The Morgan fingerprint density at radius 3 is 2.11 bits per heavy atom. The van der Waals surface area contributed by atoms with Gasteiger partial charge in [0, 0.05) is 42.8 Å². The fourth-order valence-electron chi connectivity index (χ4n) is 4.70. The second-order valence-corrected chi connectivity index (χ2v) is 9.60. The highest BCUT2D eigenvalue weighted by Gasteiger charge is 2.51. The number of aromatic nitrogens is 2. The molecule has 12 heteroatoms. The van der Waals surface area contributed by atoms with Crippen LogP contribution in [-0.4, -0.2) is 41.5 Å². The lowest BCUT2D eigenvalue weighted by Crippen LogP contribution is -2.49. The molecule has 3 aromatic rings. The number of amides is 1. The fourth-order valence-corrected chi connectivity index (χ4v) is 4.70. The van der Waals surface area contributed by atoms with Crippen molar-refractivity contribution in [3.05, 3.63) is 64.8 Å². The molecule has 1 N–H and O–H groups in total. The summed E-state index contributed by atoms with van der Waals surface area (Å²) < 4.78 is 86.2. The topological polar surface area (TPSA) is 71.3 Å². The maximum absolute atomic E-state index is 13.6. The Kier molecular flexibility index (Phi) is 7.44. The lowest BCUT2D eigenvalue weighted by atomic mass is 9.87. The number of halogens is 6. The van der Waals surface area contributed by atoms with Crippen LogP contribution in [0.3, 0.4) is 0 Å². The van der Waals surface area contributed by atoms with Gasteiger partial charge in [-0.05, 0) is 68.1 Å². The van der Waals surface area contributed by atoms with Gasteiger partial charge in [-0.2, -0.15) is 26.3 Å². The van der Waals surface area contributed by atoms with Gasteiger partial charge in [-0.3, -0.25) is 9.78 Å². The van der Waals surface area contributed by atoms with E-state index < -0.39 is 49.6 Å². The van der Waals surface area contributed by atoms with Gasteiger partial charge in [-0.1, -0.05) is 11.2 Å². The Bertz CT molecular complexity index is 1280. The van der Waals surface area contributed by atoms with Crippen molar-refractivity contribution in [2.24, 2.45) is 11.8 Å². The normalized spacial score (nSPS) is 18.5. The van der Waals surface area contributed by atoms with Crippen molar-refractivity contribution in [2.45, 2.75) is 46.1 Å². The van der Waals surface area contributed by atoms with Gasteiger partial charge in [0.1, 0.15) is 5.76 Å². The number of pyridine rings is 1. The molecule has 4 rings (SSSR count). The Hall–Kier alpha value is -3.57. The van der Waals surface area contributed by atoms with Gasteiger partial charge in [-0.25, -0.2) is 0 Å². The van der Waals surface area contributed by atoms with Crippen LogP contribution in [0.15, 0.2) is 40.9 Å². The first-order valence-electron chi connectivity index (χ1n) is 11.9. The first-order valence-corrected chi connectivity index (χ1v) is 11.9. The summed E-state index contributed by atoms with van der Waals surface area (Å²) in [6, 6.07) is 9.67. The molecule has 0 bridgehead atoms. The molecule has 3 heterocycles. The summed E-state index contributed by atoms with van der Waals surface area (Å²) in [5, 5.41) is 6.41. The lowest BCUT2D eigenvalue weighted by molar-refractivity contribution is -0.214. The number of hydrogen-bond donors (Lipinski definition) is 1. The van der Waals surface area contributed by atoms with Crippen molar-refractivity contribution < 1.29 is 35.7 Å². The van der Waals surface area contributed by atoms with E-state index in [4.69, 9.17) is 4.52 Å². The molecule has 2 aromatic heterocycles. The van der Waals surface area contributed by atoms with Gasteiger partial charge < -0.3 is 14.7 Å². The van der Waals surface area contributed by atoms with Crippen molar-refractivity contribution in [1.29, 1.82) is 0 Å². The smallest absolute Gasteiger partial charge is 0.370 e. The number of hydrogen-bond acceptors (Lipinski definition) is 5. The van der Waals surface area contributed by atoms with E-state index in [0.29, 0.717) is 33.8 Å². The van der Waals surface area contributed by atoms with Crippen molar-refractivity contribution in [2.75, 3.05) is 18.0 Å². The van der Waals surface area contributed by atoms with Crippen molar-refractivity contribution in [1.82, 2.24) is 15.5 Å². The average molecular weight is 541 g/mol. The van der Waals surface area contributed by atoms with E-state index >= 15 is 0 Å². The molecule has 38 heavy (non-hydrogen) atoms. The van der Waals surface area contributed by atoms with Gasteiger partial charge >= 0.3 is 12.4 Å². The van der Waals surface area contributed by atoms with Crippen molar-refractivity contribution >= 4 is 11.6 Å². The number of aryl methyl sites for hydroxylation is 3. The van der Waals surface area contributed by atoms with E-state index in [1.165, 1.54) is 12.1 Å². The van der Waals surface area contributed by atoms with Crippen LogP contribution in [0.5, 0.6) is 0 Å². The molecule has 2 atom stereocenters. The van der Waals surface area contributed by atoms with Crippen LogP contribution in [0.1, 0.15) is 39.6 Å². The highest BCUT2D eigenvalue weighted by atomic mass is 19.4. The molecule has 1 amide bonds. The average Bonchev–Trinajstić information content (AvgIpc) is 3.27. The van der Waals surface area contributed by atoms with E-state index in [1.807, 2.05) is 0 Å². The largest absolute Gasteiger partial charge is 0.393 e. The predicted molar refractivity (Wildman–Crippen MR) is 127 cm³/mol. The number of carbonyl (C=O) groups excluding carboxylic acids is 1. The number of rotatable bonds is 5. The van der Waals surface area contributed by atoms with Crippen molar-refractivity contribution in [3.8, 4) is 11.1 Å². The van der Waals surface area contributed by atoms with E-state index in [2.05, 4.69) is 15.5 Å². The van der Waals surface area contributed by atoms with Crippen LogP contribution in [0.2, 0.25) is 0 Å². The molecule has 0 spiro atoms. The van der Waals surface area contributed by atoms with Gasteiger partial charge in [0.05, 0.1) is 11.8 Å². The third-order valence-electron chi connectivity index (χ3n) is 6.53. The van der Waals surface area contributed by atoms with E-state index in [0.717, 1.165) is 4.90 Å². The fraction of sp³-hybridized carbons (Fsp3) is 0.423. The quantitative estimate of drug-likeness (QED) is 0.393. The van der Waals surface area contributed by atoms with Gasteiger partial charge in [0.2, 0.25) is 0 Å². The lowest BCUT2D eigenvalue weighted by Gasteiger charge is -2.40. The first kappa shape index (κ1) is 27.5. The molecule has 1 aliphatic heterocycles. The van der Waals surface area contributed by atoms with Crippen molar-refractivity contribution in [3.63, 3.8) is 0 Å². The molecule has 1 fully saturated rings. The van der Waals surface area contributed by atoms with Gasteiger partial charge in [0.15, 0.2) is 5.69 Å². The number of piperidine rings is 1. The van der Waals surface area contributed by atoms with Crippen LogP contribution < -0.4 is 10.2 Å². The van der Waals surface area contributed by atoms with E-state index in [9.17, 15) is 31.1 Å². The SMILES string of the molecule is Cc1cc(-c2cc(N3C[C@H](C(F)(F)F)C[C@H](C(F)(F)F)C3)ccc2CNC(=O)c2cc(C)on2)cc(C)n1. The first-order chi connectivity index (χ1) is 17.7. The van der Waals surface area contributed by atoms with Gasteiger partial charge in [0.25, 0.3) is 5.91 Å². The summed E-state index contributed by atoms with van der Waals surface area (Å²) >= 11 is 0. The summed E-state index contributed by atoms with van der Waals surface area (Å²) in [6.07, 6.45) is -10.5. The molecule has 0 aliphatic carbocycles. The van der Waals surface area contributed by atoms with Crippen LogP contribution in [-0.2, 0) is 6.54 Å². The summed E-state index contributed by atoms with van der Waals surface area (Å²) in [7, 11) is 0. The van der Waals surface area contributed by atoms with Crippen LogP contribution in [0.25, 0.3) is 11.1 Å². The third-order valence-corrected chi connectivity index (χ3v) is 6.53. The summed E-state index contributed by atoms with van der Waals surface area (Å²) in [6.45, 7) is 4.08. The van der Waals surface area contributed by atoms with Crippen LogP contribution >= 0.6 is 0 Å². The standard InChI is InChI=1S/C26H26F6N4O2/c1-14-6-18(7-15(2)34-14)22-10-21(5-4-17(22)11-33-24(37)23-8-16(3)38-35-23)36-12-19(25(27,28)29)9-20(13-36)26(30,31)32/h4-8,10,19-20H,9,11-13H2,1-3H3,(H,33,37)/t19-,20+. The minimum Gasteiger partial charge on any atom is -0.370 e. The maximum atomic E-state index is 13.6. The zero-order valence-electron chi connectivity index (χ0n) is 20.9. The summed E-state index contributed by atoms with van der Waals surface area (Å²) in [4.78, 5) is 18.0. The molecule has 1 aromatic carbocycles. The summed E-state index contributed by atoms with van der Waals surface area (Å²) in [5.41, 5.74) is 3.54. The molecule has 204 valence electrons. The minimum absolute atomic E-state index is 0.0388. The Balaban J connectivity index is 1.70. The number of anilines is 1. The predicted octanol–water partition coefficient (Wildman–Crippen LogP) is 6.16. The highest BCUT2D eigenvalue weighted by Crippen LogP contribution is 2.43. The van der Waals surface area contributed by atoms with E-state index in [-0.39, 0.29) is 17.9 Å². The Labute approximate surface area is 215 Å². The number of alkyl halides is 6. The van der Waals surface area contributed by atoms with Gasteiger partial charge in [-0.15, -0.1) is 0 Å². The molecular weight excluding hydrogens is 514 g/mol. The highest BCUT2D eigenvalue weighted by molar-refractivity contribution is 5.92. The van der Waals surface area contributed by atoms with E-state index in [1.54, 1.807) is 45.0 Å². The zero-order valence-corrected chi connectivity index (χ0v) is 20.9. The molecular formula is C26H26F6N4O2. The second-order valence-electron chi connectivity index (χ2n) is 9.60. The maximum Gasteiger partial charge on any atom is 0.393 e. The number of nitrogens with one attached hydrogen (secondary N) is 1. The molecule has 0 unspecified atom stereocenters. The Morgan fingerprint density at radius 2 is 1.58 bits per heavy atom. The molecule has 6 nitrogen and oxygen atoms in total. The number of nitrogens with zero attached hydrogens (tertiary/aromatic N) is 3. The number of benzene rings is 1.